The number of benzene rings is 1. The van der Waals surface area contributed by atoms with Crippen molar-refractivity contribution in [2.75, 3.05) is 0 Å². The Morgan fingerprint density at radius 3 is 3.06 bits per heavy atom. The fourth-order valence-corrected chi connectivity index (χ4v) is 2.47. The molecule has 0 saturated heterocycles. The van der Waals surface area contributed by atoms with Crippen molar-refractivity contribution in [2.24, 2.45) is 5.92 Å². The van der Waals surface area contributed by atoms with Gasteiger partial charge in [0.1, 0.15) is 0 Å². The van der Waals surface area contributed by atoms with Crippen LogP contribution in [0.15, 0.2) is 24.3 Å². The SMILES string of the molecule is N#CC1CCCC1NCc1cccc(Cl)c1. The first-order valence-corrected chi connectivity index (χ1v) is 6.05. The Labute approximate surface area is 101 Å². The summed E-state index contributed by atoms with van der Waals surface area (Å²) in [6.07, 6.45) is 3.30. The minimum Gasteiger partial charge on any atom is -0.309 e. The lowest BCUT2D eigenvalue weighted by atomic mass is 10.1. The van der Waals surface area contributed by atoms with Gasteiger partial charge in [0.25, 0.3) is 0 Å². The first-order valence-electron chi connectivity index (χ1n) is 5.67. The molecule has 2 unspecified atom stereocenters. The van der Waals surface area contributed by atoms with Crippen LogP contribution in [-0.4, -0.2) is 6.04 Å². The summed E-state index contributed by atoms with van der Waals surface area (Å²) in [5.41, 5.74) is 1.18. The van der Waals surface area contributed by atoms with Gasteiger partial charge in [0.2, 0.25) is 0 Å². The predicted octanol–water partition coefficient (Wildman–Crippen LogP) is 3.12. The molecule has 0 heterocycles. The highest BCUT2D eigenvalue weighted by Crippen LogP contribution is 2.25. The average Bonchev–Trinajstić information content (AvgIpc) is 2.74. The van der Waals surface area contributed by atoms with Crippen molar-refractivity contribution in [1.82, 2.24) is 5.32 Å². The molecule has 1 aliphatic carbocycles. The third kappa shape index (κ3) is 2.75. The highest BCUT2D eigenvalue weighted by molar-refractivity contribution is 6.30. The van der Waals surface area contributed by atoms with E-state index >= 15 is 0 Å². The van der Waals surface area contributed by atoms with Gasteiger partial charge in [0, 0.05) is 17.6 Å². The summed E-state index contributed by atoms with van der Waals surface area (Å²) in [5.74, 6) is 0.180. The van der Waals surface area contributed by atoms with Gasteiger partial charge in [0.15, 0.2) is 0 Å². The van der Waals surface area contributed by atoms with Crippen LogP contribution in [0.5, 0.6) is 0 Å². The van der Waals surface area contributed by atoms with Gasteiger partial charge in [-0.1, -0.05) is 30.2 Å². The van der Waals surface area contributed by atoms with E-state index in [0.29, 0.717) is 6.04 Å². The third-order valence-electron chi connectivity index (χ3n) is 3.14. The Morgan fingerprint density at radius 2 is 2.31 bits per heavy atom. The zero-order chi connectivity index (χ0) is 11.4. The van der Waals surface area contributed by atoms with Gasteiger partial charge in [-0.05, 0) is 30.5 Å². The van der Waals surface area contributed by atoms with Crippen molar-refractivity contribution in [3.05, 3.63) is 34.9 Å². The van der Waals surface area contributed by atoms with Crippen LogP contribution in [0.4, 0.5) is 0 Å². The number of hydrogen-bond donors (Lipinski definition) is 1. The summed E-state index contributed by atoms with van der Waals surface area (Å²) in [4.78, 5) is 0. The molecule has 0 amide bonds. The Kier molecular flexibility index (Phi) is 3.82. The van der Waals surface area contributed by atoms with E-state index in [4.69, 9.17) is 16.9 Å². The number of rotatable bonds is 3. The molecule has 1 aromatic carbocycles. The number of halogens is 1. The maximum absolute atomic E-state index is 8.97. The molecule has 1 fully saturated rings. The largest absolute Gasteiger partial charge is 0.309 e. The topological polar surface area (TPSA) is 35.8 Å². The molecule has 1 N–H and O–H groups in total. The fraction of sp³-hybridized carbons (Fsp3) is 0.462. The molecule has 0 bridgehead atoms. The van der Waals surface area contributed by atoms with Gasteiger partial charge >= 0.3 is 0 Å². The monoisotopic (exact) mass is 234 g/mol. The Bertz CT molecular complexity index is 397. The molecule has 1 aliphatic rings. The van der Waals surface area contributed by atoms with Gasteiger partial charge in [-0.25, -0.2) is 0 Å². The minimum absolute atomic E-state index is 0.180. The number of hydrogen-bond acceptors (Lipinski definition) is 2. The highest BCUT2D eigenvalue weighted by Gasteiger charge is 2.26. The van der Waals surface area contributed by atoms with Crippen LogP contribution in [0.3, 0.4) is 0 Å². The van der Waals surface area contributed by atoms with Gasteiger partial charge < -0.3 is 5.32 Å². The first-order chi connectivity index (χ1) is 7.79. The van der Waals surface area contributed by atoms with E-state index in [9.17, 15) is 0 Å². The molecule has 2 rings (SSSR count). The molecule has 0 spiro atoms. The van der Waals surface area contributed by atoms with Gasteiger partial charge in [-0.3, -0.25) is 0 Å². The summed E-state index contributed by atoms with van der Waals surface area (Å²) in [6, 6.07) is 10.6. The molecule has 84 valence electrons. The van der Waals surface area contributed by atoms with Crippen LogP contribution in [-0.2, 0) is 6.54 Å². The van der Waals surface area contributed by atoms with Crippen LogP contribution in [0.2, 0.25) is 5.02 Å². The molecule has 1 aromatic rings. The van der Waals surface area contributed by atoms with Gasteiger partial charge in [-0.2, -0.15) is 5.26 Å². The van der Waals surface area contributed by atoms with E-state index in [1.807, 2.05) is 18.2 Å². The summed E-state index contributed by atoms with van der Waals surface area (Å²) < 4.78 is 0. The van der Waals surface area contributed by atoms with Crippen molar-refractivity contribution in [3.8, 4) is 6.07 Å². The number of nitrogens with zero attached hydrogens (tertiary/aromatic N) is 1. The normalized spacial score (nSPS) is 24.2. The Morgan fingerprint density at radius 1 is 1.44 bits per heavy atom. The smallest absolute Gasteiger partial charge is 0.0672 e. The molecule has 0 radical (unpaired) electrons. The van der Waals surface area contributed by atoms with Crippen molar-refractivity contribution in [2.45, 2.75) is 31.8 Å². The van der Waals surface area contributed by atoms with E-state index in [1.165, 1.54) is 5.56 Å². The van der Waals surface area contributed by atoms with Gasteiger partial charge in [-0.15, -0.1) is 0 Å². The third-order valence-corrected chi connectivity index (χ3v) is 3.37. The zero-order valence-corrected chi connectivity index (χ0v) is 9.87. The molecule has 16 heavy (non-hydrogen) atoms. The Hall–Kier alpha value is -1.04. The van der Waals surface area contributed by atoms with Crippen molar-refractivity contribution in [3.63, 3.8) is 0 Å². The number of nitriles is 1. The van der Waals surface area contributed by atoms with Crippen molar-refractivity contribution >= 4 is 11.6 Å². The van der Waals surface area contributed by atoms with E-state index in [1.54, 1.807) is 0 Å². The maximum Gasteiger partial charge on any atom is 0.0672 e. The zero-order valence-electron chi connectivity index (χ0n) is 9.12. The van der Waals surface area contributed by atoms with Crippen molar-refractivity contribution in [1.29, 1.82) is 5.26 Å². The van der Waals surface area contributed by atoms with Crippen molar-refractivity contribution < 1.29 is 0 Å². The lowest BCUT2D eigenvalue weighted by Crippen LogP contribution is -2.31. The van der Waals surface area contributed by atoms with E-state index < -0.39 is 0 Å². The van der Waals surface area contributed by atoms with Crippen LogP contribution in [0, 0.1) is 17.2 Å². The molecule has 0 aliphatic heterocycles. The predicted molar refractivity (Wildman–Crippen MR) is 65.0 cm³/mol. The second-order valence-corrected chi connectivity index (χ2v) is 4.72. The molecule has 3 heteroatoms. The summed E-state index contributed by atoms with van der Waals surface area (Å²) in [6.45, 7) is 0.795. The molecular weight excluding hydrogens is 220 g/mol. The standard InChI is InChI=1S/C13H15ClN2/c14-12-5-1-3-10(7-12)9-16-13-6-2-4-11(13)8-15/h1,3,5,7,11,13,16H,2,4,6,9H2. The molecule has 2 atom stereocenters. The summed E-state index contributed by atoms with van der Waals surface area (Å²) in [7, 11) is 0. The van der Waals surface area contributed by atoms with Gasteiger partial charge in [0.05, 0.1) is 12.0 Å². The summed E-state index contributed by atoms with van der Waals surface area (Å²) >= 11 is 5.92. The summed E-state index contributed by atoms with van der Waals surface area (Å²) in [5, 5.41) is 13.2. The lowest BCUT2D eigenvalue weighted by Gasteiger charge is -2.15. The van der Waals surface area contributed by atoms with Crippen LogP contribution < -0.4 is 5.32 Å². The Balaban J connectivity index is 1.90. The molecule has 2 nitrogen and oxygen atoms in total. The second kappa shape index (κ2) is 5.34. The fourth-order valence-electron chi connectivity index (χ4n) is 2.25. The molecule has 1 saturated carbocycles. The van der Waals surface area contributed by atoms with Crippen LogP contribution in [0.1, 0.15) is 24.8 Å². The van der Waals surface area contributed by atoms with E-state index in [0.717, 1.165) is 30.8 Å². The average molecular weight is 235 g/mol. The quantitative estimate of drug-likeness (QED) is 0.872. The highest BCUT2D eigenvalue weighted by atomic mass is 35.5. The lowest BCUT2D eigenvalue weighted by molar-refractivity contribution is 0.464. The first kappa shape index (κ1) is 11.4. The maximum atomic E-state index is 8.97. The van der Waals surface area contributed by atoms with Crippen LogP contribution >= 0.6 is 11.6 Å². The molecular formula is C13H15ClN2. The number of nitrogens with one attached hydrogen (secondary N) is 1. The minimum atomic E-state index is 0.180. The van der Waals surface area contributed by atoms with Crippen LogP contribution in [0.25, 0.3) is 0 Å². The molecule has 0 aromatic heterocycles. The van der Waals surface area contributed by atoms with E-state index in [2.05, 4.69) is 17.5 Å². The van der Waals surface area contributed by atoms with E-state index in [-0.39, 0.29) is 5.92 Å². The second-order valence-electron chi connectivity index (χ2n) is 4.28.